The zero-order valence-electron chi connectivity index (χ0n) is 24.4. The van der Waals surface area contributed by atoms with Gasteiger partial charge in [-0.1, -0.05) is 72.8 Å². The molecule has 3 unspecified atom stereocenters. The van der Waals surface area contributed by atoms with Crippen LogP contribution in [0.4, 0.5) is 5.69 Å². The van der Waals surface area contributed by atoms with E-state index < -0.39 is 21.8 Å². The summed E-state index contributed by atoms with van der Waals surface area (Å²) in [6.07, 6.45) is 6.23. The minimum Gasteiger partial charge on any atom is -0.496 e. The Morgan fingerprint density at radius 1 is 0.930 bits per heavy atom. The quantitative estimate of drug-likeness (QED) is 0.205. The number of aldehydes is 1. The summed E-state index contributed by atoms with van der Waals surface area (Å²) in [5.74, 6) is -0.200. The van der Waals surface area contributed by atoms with Crippen LogP contribution in [-0.4, -0.2) is 63.0 Å². The number of ether oxygens (including phenoxy) is 1. The molecule has 1 heterocycles. The molecule has 0 bridgehead atoms. The van der Waals surface area contributed by atoms with Crippen molar-refractivity contribution in [3.8, 4) is 5.75 Å². The van der Waals surface area contributed by atoms with E-state index in [4.69, 9.17) is 4.74 Å². The maximum absolute atomic E-state index is 13.9. The first-order valence-electron chi connectivity index (χ1n) is 14.0. The summed E-state index contributed by atoms with van der Waals surface area (Å²) >= 11 is 0. The highest BCUT2D eigenvalue weighted by Gasteiger charge is 2.39. The maximum atomic E-state index is 13.9. The van der Waals surface area contributed by atoms with Crippen LogP contribution in [0.1, 0.15) is 11.1 Å². The van der Waals surface area contributed by atoms with Crippen molar-refractivity contribution in [3.05, 3.63) is 114 Å². The predicted octanol–water partition coefficient (Wildman–Crippen LogP) is 4.90. The van der Waals surface area contributed by atoms with Crippen molar-refractivity contribution in [1.29, 1.82) is 0 Å². The van der Waals surface area contributed by atoms with Crippen LogP contribution in [0.3, 0.4) is 0 Å². The summed E-state index contributed by atoms with van der Waals surface area (Å²) in [6, 6.07) is 27.0. The summed E-state index contributed by atoms with van der Waals surface area (Å²) in [5.41, 5.74) is 5.87. The number of hydrazine groups is 1. The summed E-state index contributed by atoms with van der Waals surface area (Å²) in [5, 5.41) is 3.96. The highest BCUT2D eigenvalue weighted by atomic mass is 32.2. The molecule has 4 aromatic carbocycles. The van der Waals surface area contributed by atoms with Crippen LogP contribution in [-0.2, 0) is 32.4 Å². The number of rotatable bonds is 10. The summed E-state index contributed by atoms with van der Waals surface area (Å²) < 4.78 is 29.6. The number of nitrogens with one attached hydrogen (secondary N) is 1. The van der Waals surface area contributed by atoms with Gasteiger partial charge < -0.3 is 19.9 Å². The fourth-order valence-corrected chi connectivity index (χ4v) is 6.22. The molecular weight excluding hydrogens is 562 g/mol. The molecular formula is C34H35N3O5S. The van der Waals surface area contributed by atoms with E-state index in [0.717, 1.165) is 40.2 Å². The number of para-hydroxylation sites is 1. The van der Waals surface area contributed by atoms with Crippen molar-refractivity contribution in [1.82, 2.24) is 9.91 Å². The van der Waals surface area contributed by atoms with Gasteiger partial charge in [0.05, 0.1) is 24.0 Å². The molecule has 4 aromatic rings. The second-order valence-electron chi connectivity index (χ2n) is 10.8. The van der Waals surface area contributed by atoms with Crippen molar-refractivity contribution in [2.75, 3.05) is 25.8 Å². The van der Waals surface area contributed by atoms with E-state index in [-0.39, 0.29) is 16.8 Å². The Kier molecular flexibility index (Phi) is 8.94. The SMILES string of the molecule is COc1ccccc1CC1C=CC(C(=O)N(C)Cc2cccc3ccccc23)C(C=O)N1Nc1ccc(S(C)(=O)=O)cc1. The topological polar surface area (TPSA) is 96.0 Å². The minimum absolute atomic E-state index is 0.184. The molecule has 1 amide bonds. The standard InChI is InChI=1S/C34H35N3O5S/c1-36(22-26-12-8-11-24-9-4-6-13-30(24)26)34(39)31-20-17-28(21-25-10-5-7-14-33(25)42-2)37(32(31)23-38)35-27-15-18-29(19-16-27)43(3,40)41/h4-20,23,28,31-32,35H,21-22H2,1-3H3. The number of carbonyl (C=O) groups is 2. The van der Waals surface area contributed by atoms with Gasteiger partial charge in [0.15, 0.2) is 9.84 Å². The zero-order chi connectivity index (χ0) is 30.6. The van der Waals surface area contributed by atoms with Crippen molar-refractivity contribution in [3.63, 3.8) is 0 Å². The maximum Gasteiger partial charge on any atom is 0.231 e. The summed E-state index contributed by atoms with van der Waals surface area (Å²) in [6.45, 7) is 0.390. The molecule has 0 fully saturated rings. The fraction of sp³-hybridized carbons (Fsp3) is 0.235. The Balaban J connectivity index is 1.45. The number of hydrogen-bond donors (Lipinski definition) is 1. The molecule has 0 saturated heterocycles. The van der Waals surface area contributed by atoms with Crippen LogP contribution in [0.5, 0.6) is 5.75 Å². The number of sulfone groups is 1. The van der Waals surface area contributed by atoms with E-state index in [9.17, 15) is 18.0 Å². The molecule has 0 radical (unpaired) electrons. The molecule has 1 N–H and O–H groups in total. The molecule has 5 rings (SSSR count). The highest BCUT2D eigenvalue weighted by molar-refractivity contribution is 7.90. The largest absolute Gasteiger partial charge is 0.496 e. The molecule has 3 atom stereocenters. The zero-order valence-corrected chi connectivity index (χ0v) is 25.2. The fourth-order valence-electron chi connectivity index (χ4n) is 5.59. The average molecular weight is 598 g/mol. The van der Waals surface area contributed by atoms with Gasteiger partial charge in [0.25, 0.3) is 0 Å². The first-order chi connectivity index (χ1) is 20.7. The van der Waals surface area contributed by atoms with Crippen LogP contribution >= 0.6 is 0 Å². The Hall–Kier alpha value is -4.47. The van der Waals surface area contributed by atoms with E-state index in [0.29, 0.717) is 18.7 Å². The predicted molar refractivity (Wildman–Crippen MR) is 168 cm³/mol. The van der Waals surface area contributed by atoms with Gasteiger partial charge in [0.1, 0.15) is 18.1 Å². The van der Waals surface area contributed by atoms with Gasteiger partial charge in [-0.3, -0.25) is 4.79 Å². The second kappa shape index (κ2) is 12.8. The third-order valence-corrected chi connectivity index (χ3v) is 8.97. The third-order valence-electron chi connectivity index (χ3n) is 7.84. The van der Waals surface area contributed by atoms with Gasteiger partial charge >= 0.3 is 0 Å². The van der Waals surface area contributed by atoms with E-state index in [2.05, 4.69) is 5.43 Å². The van der Waals surface area contributed by atoms with Gasteiger partial charge in [-0.05, 0) is 58.7 Å². The molecule has 0 aromatic heterocycles. The molecule has 0 spiro atoms. The first-order valence-corrected chi connectivity index (χ1v) is 15.9. The van der Waals surface area contributed by atoms with Crippen LogP contribution in [0.15, 0.2) is 108 Å². The van der Waals surface area contributed by atoms with Crippen molar-refractivity contribution in [2.45, 2.75) is 29.9 Å². The molecule has 43 heavy (non-hydrogen) atoms. The van der Waals surface area contributed by atoms with Gasteiger partial charge in [0.2, 0.25) is 5.91 Å². The number of benzene rings is 4. The van der Waals surface area contributed by atoms with Crippen molar-refractivity contribution >= 4 is 38.5 Å². The number of carbonyl (C=O) groups excluding carboxylic acids is 2. The third kappa shape index (κ3) is 6.63. The average Bonchev–Trinajstić information content (AvgIpc) is 3.01. The minimum atomic E-state index is -3.37. The van der Waals surface area contributed by atoms with Crippen LogP contribution < -0.4 is 10.2 Å². The van der Waals surface area contributed by atoms with E-state index in [1.54, 1.807) is 36.2 Å². The van der Waals surface area contributed by atoms with Crippen LogP contribution in [0.2, 0.25) is 0 Å². The lowest BCUT2D eigenvalue weighted by molar-refractivity contribution is -0.137. The lowest BCUT2D eigenvalue weighted by atomic mass is 9.89. The molecule has 0 saturated carbocycles. The number of methoxy groups -OCH3 is 1. The molecule has 8 nitrogen and oxygen atoms in total. The number of amides is 1. The summed E-state index contributed by atoms with van der Waals surface area (Å²) in [4.78, 5) is 28.5. The molecule has 1 aliphatic rings. The molecule has 0 aliphatic carbocycles. The number of fused-ring (bicyclic) bond motifs is 1. The number of anilines is 1. The van der Waals surface area contributed by atoms with Crippen LogP contribution in [0.25, 0.3) is 10.8 Å². The van der Waals surface area contributed by atoms with Gasteiger partial charge in [-0.15, -0.1) is 0 Å². The van der Waals surface area contributed by atoms with E-state index >= 15 is 0 Å². The smallest absolute Gasteiger partial charge is 0.231 e. The van der Waals surface area contributed by atoms with Gasteiger partial charge in [0, 0.05) is 25.5 Å². The molecule has 1 aliphatic heterocycles. The Morgan fingerprint density at radius 3 is 2.33 bits per heavy atom. The van der Waals surface area contributed by atoms with Crippen molar-refractivity contribution in [2.24, 2.45) is 5.92 Å². The lowest BCUT2D eigenvalue weighted by Gasteiger charge is -2.41. The van der Waals surface area contributed by atoms with E-state index in [1.807, 2.05) is 78.9 Å². The Bertz CT molecular complexity index is 1750. The highest BCUT2D eigenvalue weighted by Crippen LogP contribution is 2.30. The number of nitrogens with zero attached hydrogens (tertiary/aromatic N) is 2. The first kappa shape index (κ1) is 30.0. The second-order valence-corrected chi connectivity index (χ2v) is 12.8. The molecule has 222 valence electrons. The molecule has 9 heteroatoms. The van der Waals surface area contributed by atoms with Crippen LogP contribution in [0, 0.1) is 5.92 Å². The Labute approximate surface area is 252 Å². The normalized spacial score (nSPS) is 18.7. The number of hydrogen-bond acceptors (Lipinski definition) is 7. The Morgan fingerprint density at radius 2 is 1.60 bits per heavy atom. The van der Waals surface area contributed by atoms with Crippen molar-refractivity contribution < 1.29 is 22.7 Å². The monoisotopic (exact) mass is 597 g/mol. The lowest BCUT2D eigenvalue weighted by Crippen LogP contribution is -2.56. The van der Waals surface area contributed by atoms with E-state index in [1.165, 1.54) is 12.1 Å². The van der Waals surface area contributed by atoms with Gasteiger partial charge in [-0.25, -0.2) is 13.4 Å². The summed E-state index contributed by atoms with van der Waals surface area (Å²) in [7, 11) is -0.00225. The van der Waals surface area contributed by atoms with Gasteiger partial charge in [-0.2, -0.15) is 0 Å².